The van der Waals surface area contributed by atoms with Crippen LogP contribution in [0, 0.1) is 5.92 Å². The monoisotopic (exact) mass is 364 g/mol. The zero-order valence-corrected chi connectivity index (χ0v) is 15.7. The number of fused-ring (bicyclic) bond motifs is 1. The van der Waals surface area contributed by atoms with E-state index in [1.807, 2.05) is 32.9 Å². The van der Waals surface area contributed by atoms with Crippen LogP contribution in [0.2, 0.25) is 0 Å². The number of pyridine rings is 1. The first-order valence-corrected chi connectivity index (χ1v) is 9.04. The van der Waals surface area contributed by atoms with Crippen LogP contribution in [-0.4, -0.2) is 46.0 Å². The number of carbonyl (C=O) groups excluding carboxylic acids is 1. The number of ether oxygens (including phenoxy) is 1. The Kier molecular flexibility index (Phi) is 6.58. The van der Waals surface area contributed by atoms with Gasteiger partial charge in [-0.25, -0.2) is 9.78 Å². The quantitative estimate of drug-likeness (QED) is 0.805. The molecule has 7 nitrogen and oxygen atoms in total. The Hall–Kier alpha value is -2.15. The van der Waals surface area contributed by atoms with Crippen molar-refractivity contribution >= 4 is 17.9 Å². The van der Waals surface area contributed by atoms with Crippen molar-refractivity contribution < 1.29 is 24.5 Å². The fourth-order valence-electron chi connectivity index (χ4n) is 2.94. The van der Waals surface area contributed by atoms with E-state index in [4.69, 9.17) is 14.9 Å². The third kappa shape index (κ3) is 5.42. The van der Waals surface area contributed by atoms with Gasteiger partial charge in [-0.1, -0.05) is 6.07 Å². The number of carbonyl (C=O) groups is 2. The van der Waals surface area contributed by atoms with Gasteiger partial charge in [-0.2, -0.15) is 0 Å². The molecule has 0 aromatic carbocycles. The van der Waals surface area contributed by atoms with Gasteiger partial charge in [0.05, 0.1) is 12.5 Å². The van der Waals surface area contributed by atoms with Crippen LogP contribution in [-0.2, 0) is 22.4 Å². The van der Waals surface area contributed by atoms with Gasteiger partial charge in [0, 0.05) is 12.2 Å². The summed E-state index contributed by atoms with van der Waals surface area (Å²) in [6.07, 6.45) is 2.93. The van der Waals surface area contributed by atoms with E-state index in [1.165, 1.54) is 0 Å². The molecule has 0 saturated carbocycles. The Bertz CT molecular complexity index is 654. The van der Waals surface area contributed by atoms with E-state index < -0.39 is 23.6 Å². The highest BCUT2D eigenvalue weighted by atomic mass is 16.6. The number of aryl methyl sites for hydroxylation is 2. The Morgan fingerprint density at radius 1 is 1.35 bits per heavy atom. The molecule has 0 bridgehead atoms. The van der Waals surface area contributed by atoms with Crippen LogP contribution >= 0.6 is 0 Å². The van der Waals surface area contributed by atoms with Crippen LogP contribution in [0.5, 0.6) is 0 Å². The number of carboxylic acids is 1. The largest absolute Gasteiger partial charge is 0.481 e. The lowest BCUT2D eigenvalue weighted by atomic mass is 10.0. The minimum Gasteiger partial charge on any atom is -0.481 e. The highest BCUT2D eigenvalue weighted by molar-refractivity contribution is 5.88. The van der Waals surface area contributed by atoms with Gasteiger partial charge < -0.3 is 14.9 Å². The number of aliphatic hydroxyl groups excluding tert-OH is 1. The number of aliphatic carboxylic acids is 1. The molecule has 1 aliphatic rings. The van der Waals surface area contributed by atoms with Gasteiger partial charge in [0.1, 0.15) is 11.4 Å². The molecule has 144 valence electrons. The lowest BCUT2D eigenvalue weighted by molar-refractivity contribution is -0.143. The van der Waals surface area contributed by atoms with Gasteiger partial charge in [-0.3, -0.25) is 9.69 Å². The van der Waals surface area contributed by atoms with Gasteiger partial charge in [0.25, 0.3) is 0 Å². The third-order valence-corrected chi connectivity index (χ3v) is 4.27. The Labute approximate surface area is 154 Å². The molecule has 1 atom stereocenters. The normalized spacial score (nSPS) is 15.3. The Morgan fingerprint density at radius 2 is 2.08 bits per heavy atom. The summed E-state index contributed by atoms with van der Waals surface area (Å²) in [6.45, 7) is 5.71. The van der Waals surface area contributed by atoms with E-state index in [0.29, 0.717) is 31.6 Å². The number of aromatic nitrogens is 1. The number of hydrogen-bond acceptors (Lipinski definition) is 5. The molecule has 1 amide bonds. The van der Waals surface area contributed by atoms with E-state index in [1.54, 1.807) is 4.90 Å². The molecule has 0 radical (unpaired) electrons. The summed E-state index contributed by atoms with van der Waals surface area (Å²) in [5.41, 5.74) is 1.26. The average Bonchev–Trinajstić information content (AvgIpc) is 2.56. The number of rotatable bonds is 6. The maximum atomic E-state index is 12.5. The maximum absolute atomic E-state index is 12.5. The van der Waals surface area contributed by atoms with Crippen molar-refractivity contribution in [3.8, 4) is 0 Å². The Morgan fingerprint density at radius 3 is 2.69 bits per heavy atom. The average molecular weight is 364 g/mol. The highest BCUT2D eigenvalue weighted by Gasteiger charge is 2.28. The predicted molar refractivity (Wildman–Crippen MR) is 97.3 cm³/mol. The number of hydrogen-bond donors (Lipinski definition) is 2. The van der Waals surface area contributed by atoms with E-state index in [-0.39, 0.29) is 6.61 Å². The summed E-state index contributed by atoms with van der Waals surface area (Å²) < 4.78 is 5.48. The first kappa shape index (κ1) is 20.2. The molecule has 2 N–H and O–H groups in total. The van der Waals surface area contributed by atoms with E-state index in [9.17, 15) is 9.59 Å². The molecular weight excluding hydrogens is 336 g/mol. The zero-order chi connectivity index (χ0) is 19.3. The summed E-state index contributed by atoms with van der Waals surface area (Å²) >= 11 is 0. The van der Waals surface area contributed by atoms with Crippen LogP contribution in [0.4, 0.5) is 10.6 Å². The number of carboxylic acid groups (broad SMARTS) is 1. The van der Waals surface area contributed by atoms with Crippen LogP contribution in [0.25, 0.3) is 0 Å². The topological polar surface area (TPSA) is 100.0 Å². The number of nitrogens with zero attached hydrogens (tertiary/aromatic N) is 2. The zero-order valence-electron chi connectivity index (χ0n) is 15.7. The van der Waals surface area contributed by atoms with Crippen LogP contribution in [0.15, 0.2) is 12.1 Å². The second-order valence-corrected chi connectivity index (χ2v) is 7.63. The molecule has 0 aliphatic carbocycles. The summed E-state index contributed by atoms with van der Waals surface area (Å²) in [4.78, 5) is 29.7. The maximum Gasteiger partial charge on any atom is 0.416 e. The molecule has 1 aromatic heterocycles. The van der Waals surface area contributed by atoms with Crippen molar-refractivity contribution in [2.75, 3.05) is 18.1 Å². The second-order valence-electron chi connectivity index (χ2n) is 7.63. The molecule has 2 heterocycles. The first-order chi connectivity index (χ1) is 12.2. The van der Waals surface area contributed by atoms with Gasteiger partial charge in [0.15, 0.2) is 0 Å². The van der Waals surface area contributed by atoms with Crippen molar-refractivity contribution in [3.63, 3.8) is 0 Å². The molecule has 1 unspecified atom stereocenters. The van der Waals surface area contributed by atoms with Crippen molar-refractivity contribution in [1.29, 1.82) is 0 Å². The predicted octanol–water partition coefficient (Wildman–Crippen LogP) is 2.79. The highest BCUT2D eigenvalue weighted by Crippen LogP contribution is 2.27. The third-order valence-electron chi connectivity index (χ3n) is 4.27. The molecule has 2 rings (SSSR count). The van der Waals surface area contributed by atoms with Crippen LogP contribution in [0.1, 0.15) is 51.3 Å². The SMILES string of the molecule is CC(C)(C)OC(=O)N1CCCc2ccc(CCCC(CO)C(=O)O)nc21. The summed E-state index contributed by atoms with van der Waals surface area (Å²) in [7, 11) is 0. The minimum atomic E-state index is -0.984. The lowest BCUT2D eigenvalue weighted by Gasteiger charge is -2.31. The molecule has 1 aromatic rings. The van der Waals surface area contributed by atoms with Crippen LogP contribution < -0.4 is 4.90 Å². The standard InChI is InChI=1S/C19H28N2O5/c1-19(2,3)26-18(25)21-11-5-7-13-9-10-15(20-16(13)21)8-4-6-14(12-22)17(23)24/h9-10,14,22H,4-8,11-12H2,1-3H3,(H,23,24). The van der Waals surface area contributed by atoms with E-state index >= 15 is 0 Å². The minimum absolute atomic E-state index is 0.362. The summed E-state index contributed by atoms with van der Waals surface area (Å²) in [5, 5.41) is 18.1. The molecule has 1 aliphatic heterocycles. The van der Waals surface area contributed by atoms with Crippen molar-refractivity contribution in [3.05, 3.63) is 23.4 Å². The fourth-order valence-corrected chi connectivity index (χ4v) is 2.94. The van der Waals surface area contributed by atoms with Crippen molar-refractivity contribution in [2.24, 2.45) is 5.92 Å². The van der Waals surface area contributed by atoms with E-state index in [2.05, 4.69) is 4.98 Å². The van der Waals surface area contributed by atoms with Gasteiger partial charge in [0.2, 0.25) is 0 Å². The lowest BCUT2D eigenvalue weighted by Crippen LogP contribution is -2.40. The van der Waals surface area contributed by atoms with Crippen molar-refractivity contribution in [2.45, 2.75) is 58.5 Å². The summed E-state index contributed by atoms with van der Waals surface area (Å²) in [6, 6.07) is 3.90. The van der Waals surface area contributed by atoms with Crippen molar-refractivity contribution in [1.82, 2.24) is 4.98 Å². The fraction of sp³-hybridized carbons (Fsp3) is 0.632. The molecule has 26 heavy (non-hydrogen) atoms. The number of aliphatic hydroxyl groups is 1. The van der Waals surface area contributed by atoms with Gasteiger partial charge >= 0.3 is 12.1 Å². The molecule has 0 spiro atoms. The Balaban J connectivity index is 2.08. The summed E-state index contributed by atoms with van der Waals surface area (Å²) in [5.74, 6) is -1.09. The van der Waals surface area contributed by atoms with Crippen LogP contribution in [0.3, 0.4) is 0 Å². The first-order valence-electron chi connectivity index (χ1n) is 9.04. The smallest absolute Gasteiger partial charge is 0.416 e. The molecule has 0 saturated heterocycles. The van der Waals surface area contributed by atoms with E-state index in [0.717, 1.165) is 24.1 Å². The molecule has 7 heteroatoms. The molecular formula is C19H28N2O5. The number of amides is 1. The number of anilines is 1. The second kappa shape index (κ2) is 8.49. The van der Waals surface area contributed by atoms with Gasteiger partial charge in [-0.05, 0) is 64.5 Å². The molecule has 0 fully saturated rings. The van der Waals surface area contributed by atoms with Gasteiger partial charge in [-0.15, -0.1) is 0 Å².